The number of rotatable bonds is 3. The maximum Gasteiger partial charge on any atom is 0.278 e. The second-order valence-electron chi connectivity index (χ2n) is 5.68. The highest BCUT2D eigenvalue weighted by Crippen LogP contribution is 2.18. The van der Waals surface area contributed by atoms with Gasteiger partial charge < -0.3 is 9.36 Å². The minimum Gasteiger partial charge on any atom is -0.384 e. The molecule has 0 aliphatic carbocycles. The second-order valence-corrected chi connectivity index (χ2v) is 5.68. The number of aryl methyl sites for hydroxylation is 1. The summed E-state index contributed by atoms with van der Waals surface area (Å²) in [5.74, 6) is 1.38. The Morgan fingerprint density at radius 2 is 1.79 bits per heavy atom. The molecule has 122 valence electrons. The normalized spacial score (nSPS) is 14.9. The summed E-state index contributed by atoms with van der Waals surface area (Å²) in [7, 11) is 0. The van der Waals surface area contributed by atoms with Gasteiger partial charge in [0.15, 0.2) is 5.82 Å². The van der Waals surface area contributed by atoms with Gasteiger partial charge in [0.05, 0.1) is 12.4 Å². The van der Waals surface area contributed by atoms with Gasteiger partial charge in [-0.2, -0.15) is 4.98 Å². The molecule has 0 radical (unpaired) electrons. The smallest absolute Gasteiger partial charge is 0.278 e. The van der Waals surface area contributed by atoms with E-state index in [1.807, 2.05) is 5.06 Å². The van der Waals surface area contributed by atoms with Crippen molar-refractivity contribution < 1.29 is 9.36 Å². The predicted molar refractivity (Wildman–Crippen MR) is 86.1 cm³/mol. The van der Waals surface area contributed by atoms with Gasteiger partial charge in [-0.15, -0.1) is 5.06 Å². The van der Waals surface area contributed by atoms with Crippen molar-refractivity contribution >= 4 is 0 Å². The lowest BCUT2D eigenvalue weighted by molar-refractivity contribution is -0.0589. The van der Waals surface area contributed by atoms with Gasteiger partial charge >= 0.3 is 0 Å². The van der Waals surface area contributed by atoms with E-state index in [0.717, 1.165) is 25.9 Å². The number of fused-ring (bicyclic) bond motifs is 1. The zero-order valence-corrected chi connectivity index (χ0v) is 13.3. The minimum absolute atomic E-state index is 0.358. The molecule has 0 saturated heterocycles. The summed E-state index contributed by atoms with van der Waals surface area (Å²) < 4.78 is 5.08. The van der Waals surface area contributed by atoms with Crippen molar-refractivity contribution in [2.24, 2.45) is 0 Å². The first-order valence-electron chi connectivity index (χ1n) is 7.90. The van der Waals surface area contributed by atoms with Crippen LogP contribution in [0.1, 0.15) is 17.0 Å². The van der Waals surface area contributed by atoms with E-state index in [1.54, 1.807) is 19.3 Å². The largest absolute Gasteiger partial charge is 0.384 e. The van der Waals surface area contributed by atoms with E-state index in [1.165, 1.54) is 11.1 Å². The van der Waals surface area contributed by atoms with E-state index in [9.17, 15) is 0 Å². The zero-order valence-electron chi connectivity index (χ0n) is 13.3. The average Bonchev–Trinajstić information content (AvgIpc) is 2.94. The van der Waals surface area contributed by atoms with Crippen LogP contribution in [0.25, 0.3) is 11.6 Å². The maximum atomic E-state index is 5.86. The van der Waals surface area contributed by atoms with Crippen molar-refractivity contribution in [3.63, 3.8) is 0 Å². The molecule has 24 heavy (non-hydrogen) atoms. The maximum absolute atomic E-state index is 5.86. The third-order valence-electron chi connectivity index (χ3n) is 3.98. The Bertz CT molecular complexity index is 804. The Balaban J connectivity index is 1.42. The van der Waals surface area contributed by atoms with Gasteiger partial charge in [0.2, 0.25) is 0 Å². The van der Waals surface area contributed by atoms with Crippen molar-refractivity contribution in [1.82, 2.24) is 25.2 Å². The fraction of sp³-hybridized carbons (Fsp3) is 0.294. The Labute approximate surface area is 139 Å². The fourth-order valence-corrected chi connectivity index (χ4v) is 2.75. The van der Waals surface area contributed by atoms with E-state index in [0.29, 0.717) is 23.3 Å². The van der Waals surface area contributed by atoms with Crippen LogP contribution in [0.2, 0.25) is 0 Å². The number of hydrogen-bond donors (Lipinski definition) is 0. The third-order valence-corrected chi connectivity index (χ3v) is 3.98. The molecule has 7 heteroatoms. The highest BCUT2D eigenvalue weighted by Gasteiger charge is 2.16. The Morgan fingerprint density at radius 3 is 2.38 bits per heavy atom. The van der Waals surface area contributed by atoms with Crippen LogP contribution in [-0.4, -0.2) is 38.3 Å². The molecule has 3 heterocycles. The van der Waals surface area contributed by atoms with Gasteiger partial charge in [-0.3, -0.25) is 0 Å². The molecule has 4 rings (SSSR count). The first-order valence-corrected chi connectivity index (χ1v) is 7.90. The molecule has 0 N–H and O–H groups in total. The van der Waals surface area contributed by atoms with Crippen LogP contribution in [0.3, 0.4) is 0 Å². The number of hydrogen-bond acceptors (Lipinski definition) is 7. The van der Waals surface area contributed by atoms with Gasteiger partial charge in [0, 0.05) is 13.1 Å². The molecular weight excluding hydrogens is 306 g/mol. The SMILES string of the molecule is Cc1noc(-c2cnc(ON3CCc4ccccc4CC3)cn2)n1. The first kappa shape index (κ1) is 14.8. The molecule has 0 fully saturated rings. The second kappa shape index (κ2) is 6.37. The van der Waals surface area contributed by atoms with Gasteiger partial charge in [0.1, 0.15) is 5.69 Å². The lowest BCUT2D eigenvalue weighted by Gasteiger charge is -2.19. The summed E-state index contributed by atoms with van der Waals surface area (Å²) in [4.78, 5) is 18.6. The standard InChI is InChI=1S/C17H17N5O2/c1-12-20-17(23-21-12)15-10-19-16(11-18-15)24-22-8-6-13-4-2-3-5-14(13)7-9-22/h2-5,10-11H,6-9H2,1H3. The van der Waals surface area contributed by atoms with Crippen molar-refractivity contribution in [3.8, 4) is 17.5 Å². The van der Waals surface area contributed by atoms with Gasteiger partial charge in [-0.25, -0.2) is 9.97 Å². The summed E-state index contributed by atoms with van der Waals surface area (Å²) in [5, 5.41) is 5.68. The molecule has 1 aliphatic rings. The molecule has 1 aliphatic heterocycles. The monoisotopic (exact) mass is 323 g/mol. The topological polar surface area (TPSA) is 77.2 Å². The van der Waals surface area contributed by atoms with Crippen LogP contribution >= 0.6 is 0 Å². The molecular formula is C17H17N5O2. The number of benzene rings is 1. The molecule has 7 nitrogen and oxygen atoms in total. The highest BCUT2D eigenvalue weighted by atomic mass is 16.7. The molecule has 0 saturated carbocycles. The number of hydroxylamine groups is 2. The molecule has 0 bridgehead atoms. The third kappa shape index (κ3) is 3.11. The van der Waals surface area contributed by atoms with Crippen LogP contribution in [0.5, 0.6) is 5.88 Å². The highest BCUT2D eigenvalue weighted by molar-refractivity contribution is 5.44. The van der Waals surface area contributed by atoms with Gasteiger partial charge in [-0.05, 0) is 30.9 Å². The summed E-state index contributed by atoms with van der Waals surface area (Å²) in [6, 6.07) is 8.53. The van der Waals surface area contributed by atoms with Crippen LogP contribution < -0.4 is 4.84 Å². The Morgan fingerprint density at radius 1 is 1.04 bits per heavy atom. The van der Waals surface area contributed by atoms with Crippen LogP contribution in [0, 0.1) is 6.92 Å². The number of nitrogens with zero attached hydrogens (tertiary/aromatic N) is 5. The van der Waals surface area contributed by atoms with Gasteiger partial charge in [0.25, 0.3) is 11.8 Å². The fourth-order valence-electron chi connectivity index (χ4n) is 2.75. The quantitative estimate of drug-likeness (QED) is 0.731. The summed E-state index contributed by atoms with van der Waals surface area (Å²) in [6.45, 7) is 3.40. The van der Waals surface area contributed by atoms with Crippen molar-refractivity contribution in [3.05, 3.63) is 53.6 Å². The molecule has 3 aromatic rings. The van der Waals surface area contributed by atoms with Crippen LogP contribution in [0.4, 0.5) is 0 Å². The molecule has 0 atom stereocenters. The number of aromatic nitrogens is 4. The van der Waals surface area contributed by atoms with E-state index in [-0.39, 0.29) is 0 Å². The lowest BCUT2D eigenvalue weighted by atomic mass is 10.0. The molecule has 0 spiro atoms. The van der Waals surface area contributed by atoms with Crippen molar-refractivity contribution in [2.75, 3.05) is 13.1 Å². The minimum atomic E-state index is 0.358. The average molecular weight is 323 g/mol. The summed E-state index contributed by atoms with van der Waals surface area (Å²) in [6.07, 6.45) is 5.08. The van der Waals surface area contributed by atoms with Crippen molar-refractivity contribution in [1.29, 1.82) is 0 Å². The van der Waals surface area contributed by atoms with E-state index in [2.05, 4.69) is 44.4 Å². The Kier molecular flexibility index (Phi) is 3.92. The lowest BCUT2D eigenvalue weighted by Crippen LogP contribution is -2.30. The van der Waals surface area contributed by atoms with Crippen LogP contribution in [0.15, 0.2) is 41.2 Å². The van der Waals surface area contributed by atoms with Gasteiger partial charge in [-0.1, -0.05) is 29.4 Å². The van der Waals surface area contributed by atoms with Crippen LogP contribution in [-0.2, 0) is 12.8 Å². The molecule has 2 aromatic heterocycles. The van der Waals surface area contributed by atoms with Crippen molar-refractivity contribution in [2.45, 2.75) is 19.8 Å². The van der Waals surface area contributed by atoms with E-state index in [4.69, 9.17) is 9.36 Å². The summed E-state index contributed by atoms with van der Waals surface area (Å²) in [5.41, 5.74) is 3.31. The zero-order chi connectivity index (χ0) is 16.4. The predicted octanol–water partition coefficient (Wildman–Crippen LogP) is 2.23. The summed E-state index contributed by atoms with van der Waals surface area (Å²) >= 11 is 0. The van der Waals surface area contributed by atoms with E-state index >= 15 is 0 Å². The molecule has 0 unspecified atom stereocenters. The van der Waals surface area contributed by atoms with E-state index < -0.39 is 0 Å². The Hall–Kier alpha value is -2.80. The first-order chi connectivity index (χ1) is 11.8. The molecule has 1 aromatic carbocycles. The molecule has 0 amide bonds.